The number of hydrogen-bond donors (Lipinski definition) is 3. The van der Waals surface area contributed by atoms with Crippen LogP contribution in [0.1, 0.15) is 18.5 Å². The van der Waals surface area contributed by atoms with E-state index < -0.39 is 6.04 Å². The first-order valence-electron chi connectivity index (χ1n) is 9.67. The summed E-state index contributed by atoms with van der Waals surface area (Å²) in [5, 5.41) is 9.02. The van der Waals surface area contributed by atoms with E-state index in [9.17, 15) is 9.59 Å². The number of hydrogen-bond acceptors (Lipinski definition) is 3. The molecule has 7 heteroatoms. The Morgan fingerprint density at radius 2 is 1.71 bits per heavy atom. The molecule has 31 heavy (non-hydrogen) atoms. The molecule has 0 radical (unpaired) electrons. The van der Waals surface area contributed by atoms with Gasteiger partial charge in [-0.2, -0.15) is 0 Å². The molecule has 3 N–H and O–H groups in total. The SMILES string of the molecule is CC1=C(C(=O)Nc2ccccc2)[C@@H](c2cccc(Oc3ccc(Cl)cc3)c2)NC(=O)N1. The number of urea groups is 1. The third kappa shape index (κ3) is 4.87. The molecule has 0 bridgehead atoms. The molecule has 3 amide bonds. The molecule has 3 aromatic rings. The van der Waals surface area contributed by atoms with E-state index in [1.807, 2.05) is 30.3 Å². The van der Waals surface area contributed by atoms with Gasteiger partial charge in [0.25, 0.3) is 5.91 Å². The van der Waals surface area contributed by atoms with E-state index in [0.717, 1.165) is 5.56 Å². The van der Waals surface area contributed by atoms with E-state index in [0.29, 0.717) is 33.5 Å². The maximum absolute atomic E-state index is 13.1. The van der Waals surface area contributed by atoms with Crippen LogP contribution in [-0.4, -0.2) is 11.9 Å². The number of halogens is 1. The van der Waals surface area contributed by atoms with Gasteiger partial charge in [-0.05, 0) is 61.0 Å². The van der Waals surface area contributed by atoms with Gasteiger partial charge in [-0.15, -0.1) is 0 Å². The Kier molecular flexibility index (Phi) is 5.91. The standard InChI is InChI=1S/C24H20ClN3O3/c1-15-21(23(29)27-18-7-3-2-4-8-18)22(28-24(30)26-15)16-6-5-9-20(14-16)31-19-12-10-17(25)11-13-19/h2-14,22H,1H3,(H,27,29)(H2,26,28,30)/t22-/m1/s1. The Morgan fingerprint density at radius 1 is 0.968 bits per heavy atom. The Bertz CT molecular complexity index is 1140. The molecule has 0 spiro atoms. The Hall–Kier alpha value is -3.77. The van der Waals surface area contributed by atoms with Crippen molar-refractivity contribution >= 4 is 29.2 Å². The van der Waals surface area contributed by atoms with Crippen LogP contribution in [0, 0.1) is 0 Å². The highest BCUT2D eigenvalue weighted by Crippen LogP contribution is 2.31. The van der Waals surface area contributed by atoms with Crippen molar-refractivity contribution in [2.75, 3.05) is 5.32 Å². The first-order valence-corrected chi connectivity index (χ1v) is 10.1. The van der Waals surface area contributed by atoms with Gasteiger partial charge in [0.2, 0.25) is 0 Å². The van der Waals surface area contributed by atoms with E-state index in [-0.39, 0.29) is 11.9 Å². The van der Waals surface area contributed by atoms with Crippen LogP contribution in [0.3, 0.4) is 0 Å². The summed E-state index contributed by atoms with van der Waals surface area (Å²) in [4.78, 5) is 25.2. The third-order valence-electron chi connectivity index (χ3n) is 4.79. The van der Waals surface area contributed by atoms with Gasteiger partial charge in [0.15, 0.2) is 0 Å². The first-order chi connectivity index (χ1) is 15.0. The van der Waals surface area contributed by atoms with Crippen LogP contribution in [0.2, 0.25) is 5.02 Å². The van der Waals surface area contributed by atoms with E-state index in [4.69, 9.17) is 16.3 Å². The largest absolute Gasteiger partial charge is 0.457 e. The fourth-order valence-electron chi connectivity index (χ4n) is 3.36. The van der Waals surface area contributed by atoms with Crippen LogP contribution >= 0.6 is 11.6 Å². The lowest BCUT2D eigenvalue weighted by atomic mass is 9.94. The summed E-state index contributed by atoms with van der Waals surface area (Å²) in [5.41, 5.74) is 2.31. The van der Waals surface area contributed by atoms with Crippen LogP contribution in [-0.2, 0) is 4.79 Å². The molecule has 0 aliphatic carbocycles. The Morgan fingerprint density at radius 3 is 2.45 bits per heavy atom. The molecule has 1 atom stereocenters. The summed E-state index contributed by atoms with van der Waals surface area (Å²) >= 11 is 5.93. The van der Waals surface area contributed by atoms with Crippen LogP contribution in [0.4, 0.5) is 10.5 Å². The average Bonchev–Trinajstić information content (AvgIpc) is 2.75. The van der Waals surface area contributed by atoms with Crippen molar-refractivity contribution in [3.63, 3.8) is 0 Å². The number of allylic oxidation sites excluding steroid dienone is 1. The van der Waals surface area contributed by atoms with Gasteiger partial charge in [-0.25, -0.2) is 4.79 Å². The maximum Gasteiger partial charge on any atom is 0.319 e. The number of amides is 3. The minimum absolute atomic E-state index is 0.301. The fourth-order valence-corrected chi connectivity index (χ4v) is 3.49. The minimum atomic E-state index is -0.633. The molecule has 0 saturated heterocycles. The monoisotopic (exact) mass is 433 g/mol. The van der Waals surface area contributed by atoms with Crippen molar-refractivity contribution in [3.8, 4) is 11.5 Å². The number of rotatable bonds is 5. The smallest absolute Gasteiger partial charge is 0.319 e. The molecule has 1 heterocycles. The Balaban J connectivity index is 1.63. The summed E-state index contributed by atoms with van der Waals surface area (Å²) in [6.45, 7) is 1.71. The molecule has 1 aliphatic heterocycles. The molecule has 0 saturated carbocycles. The van der Waals surface area contributed by atoms with Gasteiger partial charge < -0.3 is 20.7 Å². The number of carbonyl (C=O) groups excluding carboxylic acids is 2. The zero-order valence-corrected chi connectivity index (χ0v) is 17.4. The molecule has 0 unspecified atom stereocenters. The molecule has 1 aliphatic rings. The molecule has 6 nitrogen and oxygen atoms in total. The molecule has 3 aromatic carbocycles. The molecule has 0 fully saturated rings. The van der Waals surface area contributed by atoms with Crippen molar-refractivity contribution in [2.45, 2.75) is 13.0 Å². The molecule has 0 aromatic heterocycles. The quantitative estimate of drug-likeness (QED) is 0.504. The van der Waals surface area contributed by atoms with Crippen LogP contribution in [0.5, 0.6) is 11.5 Å². The highest BCUT2D eigenvalue weighted by atomic mass is 35.5. The lowest BCUT2D eigenvalue weighted by Crippen LogP contribution is -2.45. The van der Waals surface area contributed by atoms with Gasteiger partial charge in [0.1, 0.15) is 11.5 Å². The highest BCUT2D eigenvalue weighted by molar-refractivity contribution is 6.30. The predicted molar refractivity (Wildman–Crippen MR) is 120 cm³/mol. The lowest BCUT2D eigenvalue weighted by molar-refractivity contribution is -0.113. The molecule has 4 rings (SSSR count). The van der Waals surface area contributed by atoms with Crippen molar-refractivity contribution in [1.29, 1.82) is 0 Å². The zero-order valence-electron chi connectivity index (χ0n) is 16.7. The molecular weight excluding hydrogens is 414 g/mol. The number of anilines is 1. The highest BCUT2D eigenvalue weighted by Gasteiger charge is 2.31. The van der Waals surface area contributed by atoms with Gasteiger partial charge in [-0.3, -0.25) is 4.79 Å². The maximum atomic E-state index is 13.1. The lowest BCUT2D eigenvalue weighted by Gasteiger charge is -2.29. The molecular formula is C24H20ClN3O3. The third-order valence-corrected chi connectivity index (χ3v) is 5.04. The van der Waals surface area contributed by atoms with Crippen LogP contribution in [0.25, 0.3) is 0 Å². The second-order valence-electron chi connectivity index (χ2n) is 7.02. The van der Waals surface area contributed by atoms with Crippen molar-refractivity contribution < 1.29 is 14.3 Å². The summed E-state index contributed by atoms with van der Waals surface area (Å²) in [5.74, 6) is 0.906. The van der Waals surface area contributed by atoms with Gasteiger partial charge in [0, 0.05) is 16.4 Å². The number of nitrogens with one attached hydrogen (secondary N) is 3. The van der Waals surface area contributed by atoms with Crippen molar-refractivity contribution in [3.05, 3.63) is 101 Å². The summed E-state index contributed by atoms with van der Waals surface area (Å²) < 4.78 is 5.91. The second-order valence-corrected chi connectivity index (χ2v) is 7.46. The van der Waals surface area contributed by atoms with Gasteiger partial charge in [-0.1, -0.05) is 41.9 Å². The number of para-hydroxylation sites is 1. The van der Waals surface area contributed by atoms with Crippen molar-refractivity contribution in [2.24, 2.45) is 0 Å². The van der Waals surface area contributed by atoms with Crippen molar-refractivity contribution in [1.82, 2.24) is 10.6 Å². The van der Waals surface area contributed by atoms with Gasteiger partial charge in [0.05, 0.1) is 11.6 Å². The predicted octanol–water partition coefficient (Wildman–Crippen LogP) is 5.40. The fraction of sp³-hybridized carbons (Fsp3) is 0.0833. The second kappa shape index (κ2) is 8.93. The van der Waals surface area contributed by atoms with Crippen LogP contribution < -0.4 is 20.7 Å². The van der Waals surface area contributed by atoms with E-state index in [1.165, 1.54) is 0 Å². The number of ether oxygens (including phenoxy) is 1. The van der Waals surface area contributed by atoms with E-state index in [1.54, 1.807) is 55.5 Å². The summed E-state index contributed by atoms with van der Waals surface area (Å²) in [6.07, 6.45) is 0. The minimum Gasteiger partial charge on any atom is -0.457 e. The zero-order chi connectivity index (χ0) is 21.8. The molecule has 156 valence electrons. The summed E-state index contributed by atoms with van der Waals surface area (Å²) in [6, 6.07) is 22.4. The summed E-state index contributed by atoms with van der Waals surface area (Å²) in [7, 11) is 0. The number of carbonyl (C=O) groups is 2. The Labute approximate surface area is 184 Å². The van der Waals surface area contributed by atoms with E-state index in [2.05, 4.69) is 16.0 Å². The van der Waals surface area contributed by atoms with Gasteiger partial charge >= 0.3 is 6.03 Å². The topological polar surface area (TPSA) is 79.5 Å². The average molecular weight is 434 g/mol. The van der Waals surface area contributed by atoms with Crippen LogP contribution in [0.15, 0.2) is 90.1 Å². The number of benzene rings is 3. The normalized spacial score (nSPS) is 15.7. The first kappa shape index (κ1) is 20.5. The van der Waals surface area contributed by atoms with E-state index >= 15 is 0 Å².